The van der Waals surface area contributed by atoms with Crippen molar-refractivity contribution in [2.24, 2.45) is 0 Å². The van der Waals surface area contributed by atoms with Gasteiger partial charge in [-0.3, -0.25) is 4.79 Å². The molecule has 0 saturated carbocycles. The molecule has 1 aromatic carbocycles. The molecule has 0 N–H and O–H groups in total. The normalized spacial score (nSPS) is 10.4. The Morgan fingerprint density at radius 2 is 2.06 bits per heavy atom. The molecule has 0 radical (unpaired) electrons. The van der Waals surface area contributed by atoms with Crippen LogP contribution in [0.15, 0.2) is 34.1 Å². The van der Waals surface area contributed by atoms with E-state index >= 15 is 0 Å². The van der Waals surface area contributed by atoms with Crippen molar-refractivity contribution >= 4 is 44.7 Å². The van der Waals surface area contributed by atoms with Crippen molar-refractivity contribution in [2.45, 2.75) is 6.92 Å². The van der Waals surface area contributed by atoms with Gasteiger partial charge in [0.2, 0.25) is 5.78 Å². The molecule has 0 spiro atoms. The van der Waals surface area contributed by atoms with E-state index in [1.807, 2.05) is 25.1 Å². The Hall–Kier alpha value is -0.640. The second-order valence-electron chi connectivity index (χ2n) is 3.37. The molecule has 0 saturated heterocycles. The molecule has 1 aromatic heterocycles. The Bertz CT molecular complexity index is 548. The first-order valence-electron chi connectivity index (χ1n) is 4.65. The van der Waals surface area contributed by atoms with Gasteiger partial charge in [-0.25, -0.2) is 0 Å². The molecular formula is C12H8BrClOS. The number of benzene rings is 1. The number of ketones is 1. The van der Waals surface area contributed by atoms with Crippen LogP contribution in [0.2, 0.25) is 5.02 Å². The van der Waals surface area contributed by atoms with E-state index in [9.17, 15) is 4.79 Å². The van der Waals surface area contributed by atoms with E-state index in [1.165, 1.54) is 11.3 Å². The molecule has 2 rings (SSSR count). The average molecular weight is 316 g/mol. The second-order valence-corrected chi connectivity index (χ2v) is 6.21. The molecule has 16 heavy (non-hydrogen) atoms. The Morgan fingerprint density at radius 3 is 2.69 bits per heavy atom. The highest BCUT2D eigenvalue weighted by Crippen LogP contribution is 2.28. The van der Waals surface area contributed by atoms with Crippen LogP contribution in [-0.2, 0) is 0 Å². The van der Waals surface area contributed by atoms with Gasteiger partial charge in [0.05, 0.1) is 13.7 Å². The Kier molecular flexibility index (Phi) is 3.47. The number of aryl methyl sites for hydroxylation is 1. The summed E-state index contributed by atoms with van der Waals surface area (Å²) in [5.41, 5.74) is 1.49. The van der Waals surface area contributed by atoms with Crippen LogP contribution in [0, 0.1) is 6.92 Å². The van der Waals surface area contributed by atoms with E-state index in [1.54, 1.807) is 12.1 Å². The zero-order valence-corrected chi connectivity index (χ0v) is 11.6. The molecule has 0 aliphatic carbocycles. The van der Waals surface area contributed by atoms with Gasteiger partial charge in [-0.1, -0.05) is 23.7 Å². The lowest BCUT2D eigenvalue weighted by Gasteiger charge is -2.03. The van der Waals surface area contributed by atoms with Gasteiger partial charge in [0, 0.05) is 5.56 Å². The summed E-state index contributed by atoms with van der Waals surface area (Å²) in [6.45, 7) is 1.89. The molecule has 0 aliphatic rings. The molecule has 0 bridgehead atoms. The first-order chi connectivity index (χ1) is 7.59. The summed E-state index contributed by atoms with van der Waals surface area (Å²) in [5, 5.41) is 0.539. The number of hydrogen-bond acceptors (Lipinski definition) is 2. The molecule has 2 aromatic rings. The van der Waals surface area contributed by atoms with Crippen LogP contribution in [0.3, 0.4) is 0 Å². The minimum absolute atomic E-state index is 0.0237. The number of rotatable bonds is 2. The Balaban J connectivity index is 2.45. The molecule has 0 atom stereocenters. The third-order valence-electron chi connectivity index (χ3n) is 2.23. The average Bonchev–Trinajstić information content (AvgIpc) is 2.68. The topological polar surface area (TPSA) is 17.1 Å². The van der Waals surface area contributed by atoms with Gasteiger partial charge in [-0.15, -0.1) is 11.3 Å². The van der Waals surface area contributed by atoms with Crippen LogP contribution in [0.5, 0.6) is 0 Å². The lowest BCUT2D eigenvalue weighted by Crippen LogP contribution is -2.00. The lowest BCUT2D eigenvalue weighted by molar-refractivity contribution is 0.104. The summed E-state index contributed by atoms with van der Waals surface area (Å²) < 4.78 is 0.944. The minimum Gasteiger partial charge on any atom is -0.288 e. The molecule has 4 heteroatoms. The molecule has 0 amide bonds. The van der Waals surface area contributed by atoms with E-state index in [0.29, 0.717) is 15.5 Å². The number of halogens is 2. The maximum atomic E-state index is 12.1. The molecule has 1 nitrogen and oxygen atoms in total. The van der Waals surface area contributed by atoms with E-state index in [-0.39, 0.29) is 5.78 Å². The number of carbonyl (C=O) groups excluding carboxylic acids is 1. The van der Waals surface area contributed by atoms with Gasteiger partial charge in [-0.05, 0) is 46.6 Å². The Labute approximate surface area is 111 Å². The fourth-order valence-corrected chi connectivity index (χ4v) is 2.94. The van der Waals surface area contributed by atoms with Crippen LogP contribution in [0.4, 0.5) is 0 Å². The Morgan fingerprint density at radius 1 is 1.31 bits per heavy atom. The first kappa shape index (κ1) is 11.8. The maximum Gasteiger partial charge on any atom is 0.204 e. The van der Waals surface area contributed by atoms with Gasteiger partial charge < -0.3 is 0 Å². The highest BCUT2D eigenvalue weighted by Gasteiger charge is 2.15. The van der Waals surface area contributed by atoms with Crippen molar-refractivity contribution in [3.05, 3.63) is 55.1 Å². The standard InChI is InChI=1S/C12H8BrClOS/c1-7-3-2-4-8(11(7)14)12(15)9-5-6-10(13)16-9/h2-6H,1H3. The van der Waals surface area contributed by atoms with E-state index in [4.69, 9.17) is 11.6 Å². The van der Waals surface area contributed by atoms with Gasteiger partial charge in [0.1, 0.15) is 0 Å². The summed E-state index contributed by atoms with van der Waals surface area (Å²) in [6.07, 6.45) is 0. The second kappa shape index (κ2) is 4.70. The zero-order valence-electron chi connectivity index (χ0n) is 8.46. The molecule has 82 valence electrons. The van der Waals surface area contributed by atoms with E-state index < -0.39 is 0 Å². The van der Waals surface area contributed by atoms with Gasteiger partial charge in [0.25, 0.3) is 0 Å². The first-order valence-corrected chi connectivity index (χ1v) is 6.63. The van der Waals surface area contributed by atoms with Crippen molar-refractivity contribution in [3.63, 3.8) is 0 Å². The van der Waals surface area contributed by atoms with E-state index in [0.717, 1.165) is 9.35 Å². The fraction of sp³-hybridized carbons (Fsp3) is 0.0833. The number of thiophene rings is 1. The predicted molar refractivity (Wildman–Crippen MR) is 71.6 cm³/mol. The van der Waals surface area contributed by atoms with Gasteiger partial charge in [0.15, 0.2) is 0 Å². The number of hydrogen-bond donors (Lipinski definition) is 0. The van der Waals surface area contributed by atoms with Crippen LogP contribution in [-0.4, -0.2) is 5.78 Å². The quantitative estimate of drug-likeness (QED) is 0.734. The van der Waals surface area contributed by atoms with E-state index in [2.05, 4.69) is 15.9 Å². The molecular weight excluding hydrogens is 308 g/mol. The van der Waals surface area contributed by atoms with Crippen LogP contribution >= 0.6 is 38.9 Å². The van der Waals surface area contributed by atoms with Crippen LogP contribution < -0.4 is 0 Å². The van der Waals surface area contributed by atoms with Crippen molar-refractivity contribution in [1.29, 1.82) is 0 Å². The van der Waals surface area contributed by atoms with Crippen LogP contribution in [0.1, 0.15) is 20.8 Å². The van der Waals surface area contributed by atoms with Crippen LogP contribution in [0.25, 0.3) is 0 Å². The predicted octanol–water partition coefficient (Wildman–Crippen LogP) is 4.70. The SMILES string of the molecule is Cc1cccc(C(=O)c2ccc(Br)s2)c1Cl. The molecule has 0 unspecified atom stereocenters. The molecule has 0 aliphatic heterocycles. The van der Waals surface area contributed by atoms with Crippen molar-refractivity contribution in [1.82, 2.24) is 0 Å². The minimum atomic E-state index is -0.0237. The monoisotopic (exact) mass is 314 g/mol. The summed E-state index contributed by atoms with van der Waals surface area (Å²) >= 11 is 10.9. The van der Waals surface area contributed by atoms with Crippen molar-refractivity contribution in [3.8, 4) is 0 Å². The highest BCUT2D eigenvalue weighted by atomic mass is 79.9. The van der Waals surface area contributed by atoms with Gasteiger partial charge >= 0.3 is 0 Å². The summed E-state index contributed by atoms with van der Waals surface area (Å²) in [6, 6.07) is 9.16. The number of carbonyl (C=O) groups is 1. The van der Waals surface area contributed by atoms with Crippen molar-refractivity contribution < 1.29 is 4.79 Å². The molecule has 0 fully saturated rings. The third-order valence-corrected chi connectivity index (χ3v) is 4.36. The summed E-state index contributed by atoms with van der Waals surface area (Å²) in [7, 11) is 0. The molecule has 1 heterocycles. The highest BCUT2D eigenvalue weighted by molar-refractivity contribution is 9.11. The lowest BCUT2D eigenvalue weighted by atomic mass is 10.1. The largest absolute Gasteiger partial charge is 0.288 e. The summed E-state index contributed by atoms with van der Waals surface area (Å²) in [4.78, 5) is 12.8. The summed E-state index contributed by atoms with van der Waals surface area (Å²) in [5.74, 6) is -0.0237. The fourth-order valence-electron chi connectivity index (χ4n) is 1.39. The smallest absolute Gasteiger partial charge is 0.204 e. The zero-order chi connectivity index (χ0) is 11.7. The third kappa shape index (κ3) is 2.21. The van der Waals surface area contributed by atoms with Crippen molar-refractivity contribution in [2.75, 3.05) is 0 Å². The maximum absolute atomic E-state index is 12.1. The van der Waals surface area contributed by atoms with Gasteiger partial charge in [-0.2, -0.15) is 0 Å².